The molecule has 0 aliphatic carbocycles. The Labute approximate surface area is 129 Å². The standard InChI is InChI=1S/C18H19NO3/c1-3-7-18(21)22-12-17(20)19-13(2)15-11-6-9-14-8-4-5-10-16(14)15/h3-11,13H,12H2,1-2H3,(H,19,20)/b7-3+/t13-/m1/s1. The molecule has 2 rings (SSSR count). The number of allylic oxidation sites excluding steroid dienone is 1. The normalized spacial score (nSPS) is 12.3. The van der Waals surface area contributed by atoms with Crippen molar-refractivity contribution in [3.63, 3.8) is 0 Å². The quantitative estimate of drug-likeness (QED) is 0.681. The Morgan fingerprint density at radius 3 is 2.68 bits per heavy atom. The van der Waals surface area contributed by atoms with Crippen LogP contribution in [0.15, 0.2) is 54.6 Å². The zero-order valence-electron chi connectivity index (χ0n) is 12.7. The number of carbonyl (C=O) groups excluding carboxylic acids is 2. The molecule has 4 heteroatoms. The van der Waals surface area contributed by atoms with Gasteiger partial charge >= 0.3 is 5.97 Å². The summed E-state index contributed by atoms with van der Waals surface area (Å²) >= 11 is 0. The second-order valence-electron chi connectivity index (χ2n) is 4.97. The molecule has 22 heavy (non-hydrogen) atoms. The number of esters is 1. The van der Waals surface area contributed by atoms with Crippen LogP contribution in [-0.2, 0) is 14.3 Å². The first-order chi connectivity index (χ1) is 10.6. The predicted octanol–water partition coefficient (Wildman–Crippen LogP) is 3.14. The molecule has 0 fully saturated rings. The van der Waals surface area contributed by atoms with Crippen molar-refractivity contribution in [2.75, 3.05) is 6.61 Å². The van der Waals surface area contributed by atoms with Crippen molar-refractivity contribution in [1.29, 1.82) is 0 Å². The summed E-state index contributed by atoms with van der Waals surface area (Å²) in [6, 6.07) is 13.8. The van der Waals surface area contributed by atoms with Gasteiger partial charge in [-0.3, -0.25) is 4.79 Å². The van der Waals surface area contributed by atoms with Crippen LogP contribution >= 0.6 is 0 Å². The van der Waals surface area contributed by atoms with E-state index < -0.39 is 5.97 Å². The van der Waals surface area contributed by atoms with Gasteiger partial charge in [-0.15, -0.1) is 0 Å². The van der Waals surface area contributed by atoms with Gasteiger partial charge in [0.15, 0.2) is 6.61 Å². The second-order valence-corrected chi connectivity index (χ2v) is 4.97. The van der Waals surface area contributed by atoms with E-state index in [1.807, 2.05) is 49.4 Å². The lowest BCUT2D eigenvalue weighted by molar-refractivity contribution is -0.144. The Morgan fingerprint density at radius 2 is 1.91 bits per heavy atom. The van der Waals surface area contributed by atoms with Crippen molar-refractivity contribution in [3.8, 4) is 0 Å². The highest BCUT2D eigenvalue weighted by molar-refractivity contribution is 5.88. The molecule has 1 N–H and O–H groups in total. The van der Waals surface area contributed by atoms with Crippen molar-refractivity contribution in [1.82, 2.24) is 5.32 Å². The minimum atomic E-state index is -0.518. The number of hydrogen-bond donors (Lipinski definition) is 1. The fourth-order valence-electron chi connectivity index (χ4n) is 2.31. The summed E-state index contributed by atoms with van der Waals surface area (Å²) in [4.78, 5) is 23.0. The lowest BCUT2D eigenvalue weighted by Crippen LogP contribution is -2.31. The average Bonchev–Trinajstić information content (AvgIpc) is 2.52. The van der Waals surface area contributed by atoms with Crippen LogP contribution in [0.25, 0.3) is 10.8 Å². The van der Waals surface area contributed by atoms with Crippen LogP contribution in [0.4, 0.5) is 0 Å². The molecule has 1 atom stereocenters. The maximum atomic E-state index is 11.9. The van der Waals surface area contributed by atoms with Crippen LogP contribution in [0.1, 0.15) is 25.5 Å². The first-order valence-corrected chi connectivity index (χ1v) is 7.18. The number of ether oxygens (including phenoxy) is 1. The number of benzene rings is 2. The molecular weight excluding hydrogens is 278 g/mol. The maximum absolute atomic E-state index is 11.9. The fourth-order valence-corrected chi connectivity index (χ4v) is 2.31. The minimum absolute atomic E-state index is 0.168. The van der Waals surface area contributed by atoms with E-state index in [4.69, 9.17) is 4.74 Å². The smallest absolute Gasteiger partial charge is 0.330 e. The van der Waals surface area contributed by atoms with Crippen LogP contribution in [-0.4, -0.2) is 18.5 Å². The van der Waals surface area contributed by atoms with E-state index >= 15 is 0 Å². The lowest BCUT2D eigenvalue weighted by Gasteiger charge is -2.16. The number of amides is 1. The van der Waals surface area contributed by atoms with Crippen LogP contribution in [0.5, 0.6) is 0 Å². The molecule has 0 aromatic heterocycles. The number of fused-ring (bicyclic) bond motifs is 1. The fraction of sp³-hybridized carbons (Fsp3) is 0.222. The highest BCUT2D eigenvalue weighted by Gasteiger charge is 2.13. The molecular formula is C18H19NO3. The van der Waals surface area contributed by atoms with Gasteiger partial charge in [-0.25, -0.2) is 4.79 Å². The summed E-state index contributed by atoms with van der Waals surface area (Å²) in [5.41, 5.74) is 1.03. The number of nitrogens with one attached hydrogen (secondary N) is 1. The highest BCUT2D eigenvalue weighted by Crippen LogP contribution is 2.23. The van der Waals surface area contributed by atoms with Crippen LogP contribution in [0.3, 0.4) is 0 Å². The van der Waals surface area contributed by atoms with Gasteiger partial charge in [0.2, 0.25) is 0 Å². The topological polar surface area (TPSA) is 55.4 Å². The van der Waals surface area contributed by atoms with E-state index in [9.17, 15) is 9.59 Å². The summed E-state index contributed by atoms with van der Waals surface area (Å²) < 4.78 is 4.83. The van der Waals surface area contributed by atoms with Gasteiger partial charge in [-0.2, -0.15) is 0 Å². The Bertz CT molecular complexity index is 701. The third-order valence-corrected chi connectivity index (χ3v) is 3.32. The van der Waals surface area contributed by atoms with E-state index in [2.05, 4.69) is 5.32 Å². The summed E-state index contributed by atoms with van der Waals surface area (Å²) in [6.45, 7) is 3.34. The maximum Gasteiger partial charge on any atom is 0.330 e. The number of rotatable bonds is 5. The van der Waals surface area contributed by atoms with Crippen molar-refractivity contribution < 1.29 is 14.3 Å². The van der Waals surface area contributed by atoms with Crippen LogP contribution in [0, 0.1) is 0 Å². The largest absolute Gasteiger partial charge is 0.452 e. The molecule has 0 unspecified atom stereocenters. The number of carbonyl (C=O) groups is 2. The molecule has 0 saturated carbocycles. The van der Waals surface area contributed by atoms with Gasteiger partial charge in [0.1, 0.15) is 0 Å². The summed E-state index contributed by atoms with van der Waals surface area (Å²) in [5.74, 6) is -0.839. The van der Waals surface area contributed by atoms with Crippen LogP contribution < -0.4 is 5.32 Å². The van der Waals surface area contributed by atoms with Crippen molar-refractivity contribution >= 4 is 22.6 Å². The summed E-state index contributed by atoms with van der Waals surface area (Å²) in [5, 5.41) is 5.07. The van der Waals surface area contributed by atoms with Gasteiger partial charge in [0, 0.05) is 6.08 Å². The van der Waals surface area contributed by atoms with E-state index in [1.165, 1.54) is 6.08 Å². The first kappa shape index (κ1) is 15.8. The molecule has 0 spiro atoms. The first-order valence-electron chi connectivity index (χ1n) is 7.18. The van der Waals surface area contributed by atoms with Crippen molar-refractivity contribution in [2.45, 2.75) is 19.9 Å². The Morgan fingerprint density at radius 1 is 1.18 bits per heavy atom. The van der Waals surface area contributed by atoms with Crippen LogP contribution in [0.2, 0.25) is 0 Å². The van der Waals surface area contributed by atoms with Crippen molar-refractivity contribution in [2.24, 2.45) is 0 Å². The Hall–Kier alpha value is -2.62. The monoisotopic (exact) mass is 297 g/mol. The SMILES string of the molecule is C/C=C/C(=O)OCC(=O)N[C@H](C)c1cccc2ccccc12. The Kier molecular flexibility index (Phi) is 5.31. The van der Waals surface area contributed by atoms with E-state index in [0.29, 0.717) is 0 Å². The second kappa shape index (κ2) is 7.41. The van der Waals surface area contributed by atoms with E-state index in [0.717, 1.165) is 16.3 Å². The predicted molar refractivity (Wildman–Crippen MR) is 86.3 cm³/mol. The highest BCUT2D eigenvalue weighted by atomic mass is 16.5. The molecule has 4 nitrogen and oxygen atoms in total. The molecule has 0 heterocycles. The molecule has 1 amide bonds. The van der Waals surface area contributed by atoms with E-state index in [1.54, 1.807) is 13.0 Å². The zero-order valence-corrected chi connectivity index (χ0v) is 12.7. The van der Waals surface area contributed by atoms with Crippen molar-refractivity contribution in [3.05, 3.63) is 60.2 Å². The van der Waals surface area contributed by atoms with Gasteiger partial charge in [0.25, 0.3) is 5.91 Å². The molecule has 114 valence electrons. The van der Waals surface area contributed by atoms with E-state index in [-0.39, 0.29) is 18.6 Å². The molecule has 0 radical (unpaired) electrons. The molecule has 0 aliphatic heterocycles. The lowest BCUT2D eigenvalue weighted by atomic mass is 10.00. The zero-order chi connectivity index (χ0) is 15.9. The van der Waals surface area contributed by atoms with Gasteiger partial charge in [-0.1, -0.05) is 48.5 Å². The molecule has 0 bridgehead atoms. The van der Waals surface area contributed by atoms with Gasteiger partial charge in [0.05, 0.1) is 6.04 Å². The number of hydrogen-bond acceptors (Lipinski definition) is 3. The Balaban J connectivity index is 2.03. The van der Waals surface area contributed by atoms with Gasteiger partial charge < -0.3 is 10.1 Å². The average molecular weight is 297 g/mol. The summed E-state index contributed by atoms with van der Waals surface area (Å²) in [6.07, 6.45) is 2.85. The third-order valence-electron chi connectivity index (χ3n) is 3.32. The molecule has 0 aliphatic rings. The third kappa shape index (κ3) is 3.95. The minimum Gasteiger partial charge on any atom is -0.452 e. The van der Waals surface area contributed by atoms with Gasteiger partial charge in [-0.05, 0) is 30.2 Å². The summed E-state index contributed by atoms with van der Waals surface area (Å²) in [7, 11) is 0. The molecule has 2 aromatic carbocycles. The molecule has 2 aromatic rings. The molecule has 0 saturated heterocycles.